The van der Waals surface area contributed by atoms with Crippen molar-refractivity contribution in [3.8, 4) is 11.5 Å². The van der Waals surface area contributed by atoms with Crippen LogP contribution in [0.25, 0.3) is 0 Å². The molecule has 5 heteroatoms. The molecule has 0 aromatic heterocycles. The van der Waals surface area contributed by atoms with Crippen LogP contribution in [-0.2, 0) is 20.7 Å². The number of fused-ring (bicyclic) bond motifs is 1. The summed E-state index contributed by atoms with van der Waals surface area (Å²) in [5, 5.41) is 0. The number of rotatable bonds is 17. The van der Waals surface area contributed by atoms with Crippen LogP contribution in [-0.4, -0.2) is 24.6 Å². The van der Waals surface area contributed by atoms with Crippen molar-refractivity contribution in [3.63, 3.8) is 0 Å². The molecule has 1 aliphatic heterocycles. The molecular formula is C43H78O5. The fourth-order valence-electron chi connectivity index (χ4n) is 7.17. The second-order valence-corrected chi connectivity index (χ2v) is 16.2. The maximum absolute atomic E-state index is 13.4. The van der Waals surface area contributed by atoms with Gasteiger partial charge in [0.1, 0.15) is 17.1 Å². The van der Waals surface area contributed by atoms with Gasteiger partial charge in [0, 0.05) is 5.56 Å². The van der Waals surface area contributed by atoms with E-state index >= 15 is 0 Å². The summed E-state index contributed by atoms with van der Waals surface area (Å²) in [5.74, 6) is 3.36. The van der Waals surface area contributed by atoms with E-state index in [1.807, 2.05) is 55.4 Å². The lowest BCUT2D eigenvalue weighted by molar-refractivity contribution is -0.155. The molecule has 5 nitrogen and oxygen atoms in total. The number of carbonyl (C=O) groups excluding carboxylic acids is 2. The first-order chi connectivity index (χ1) is 22.3. The lowest BCUT2D eigenvalue weighted by Gasteiger charge is -2.38. The molecule has 0 fully saturated rings. The van der Waals surface area contributed by atoms with Crippen LogP contribution in [0.5, 0.6) is 11.5 Å². The van der Waals surface area contributed by atoms with E-state index in [0.29, 0.717) is 12.2 Å². The van der Waals surface area contributed by atoms with E-state index in [0.717, 1.165) is 65.0 Å². The monoisotopic (exact) mass is 675 g/mol. The molecule has 280 valence electrons. The molecule has 0 amide bonds. The largest absolute Gasteiger partial charge is 0.487 e. The molecule has 0 saturated carbocycles. The summed E-state index contributed by atoms with van der Waals surface area (Å²) >= 11 is 0. The Morgan fingerprint density at radius 2 is 1.23 bits per heavy atom. The van der Waals surface area contributed by atoms with E-state index in [4.69, 9.17) is 14.2 Å². The number of carbonyl (C=O) groups is 2. The summed E-state index contributed by atoms with van der Waals surface area (Å²) in [6.45, 7) is 33.2. The molecule has 3 unspecified atom stereocenters. The van der Waals surface area contributed by atoms with Crippen molar-refractivity contribution in [2.24, 2.45) is 28.6 Å². The lowest BCUT2D eigenvalue weighted by atomic mass is 9.75. The van der Waals surface area contributed by atoms with Crippen LogP contribution in [0.3, 0.4) is 0 Å². The SMILES string of the molecule is CC.CC.COC(=O)C(C)(C)CC(C)(C)C(=O)Oc1c(C)c(C)c2c(c1C)CCC(C)(CCCC(C)CCCC(C)CCCC(C)C)O2. The van der Waals surface area contributed by atoms with E-state index in [2.05, 4.69) is 41.5 Å². The molecule has 1 aliphatic rings. The maximum atomic E-state index is 13.4. The van der Waals surface area contributed by atoms with Gasteiger partial charge in [0.05, 0.1) is 17.9 Å². The number of esters is 2. The van der Waals surface area contributed by atoms with Crippen molar-refractivity contribution in [3.05, 3.63) is 22.3 Å². The first-order valence-corrected chi connectivity index (χ1v) is 19.5. The second-order valence-electron chi connectivity index (χ2n) is 16.2. The first kappa shape index (κ1) is 46.0. The minimum absolute atomic E-state index is 0.180. The van der Waals surface area contributed by atoms with Gasteiger partial charge >= 0.3 is 11.9 Å². The van der Waals surface area contributed by atoms with Gasteiger partial charge in [-0.3, -0.25) is 9.59 Å². The third kappa shape index (κ3) is 14.1. The topological polar surface area (TPSA) is 61.8 Å². The highest BCUT2D eigenvalue weighted by molar-refractivity contribution is 5.82. The molecule has 0 N–H and O–H groups in total. The zero-order valence-corrected chi connectivity index (χ0v) is 34.8. The predicted molar refractivity (Wildman–Crippen MR) is 205 cm³/mol. The molecule has 1 aromatic rings. The predicted octanol–water partition coefficient (Wildman–Crippen LogP) is 12.7. The zero-order valence-electron chi connectivity index (χ0n) is 34.8. The fourth-order valence-corrected chi connectivity index (χ4v) is 7.17. The molecule has 3 atom stereocenters. The number of hydrogen-bond acceptors (Lipinski definition) is 5. The van der Waals surface area contributed by atoms with Crippen LogP contribution >= 0.6 is 0 Å². The average Bonchev–Trinajstić information content (AvgIpc) is 3.02. The minimum atomic E-state index is -0.863. The molecule has 0 spiro atoms. The van der Waals surface area contributed by atoms with Gasteiger partial charge in [-0.1, -0.05) is 100 Å². The van der Waals surface area contributed by atoms with Gasteiger partial charge in [-0.2, -0.15) is 0 Å². The highest BCUT2D eigenvalue weighted by Crippen LogP contribution is 2.46. The van der Waals surface area contributed by atoms with Crippen molar-refractivity contribution in [2.75, 3.05) is 7.11 Å². The Labute approximate surface area is 298 Å². The lowest BCUT2D eigenvalue weighted by Crippen LogP contribution is -2.38. The Morgan fingerprint density at radius 1 is 0.750 bits per heavy atom. The van der Waals surface area contributed by atoms with Crippen LogP contribution in [0, 0.1) is 49.4 Å². The molecule has 48 heavy (non-hydrogen) atoms. The first-order valence-electron chi connectivity index (χ1n) is 19.5. The minimum Gasteiger partial charge on any atom is -0.487 e. The third-order valence-corrected chi connectivity index (χ3v) is 10.2. The number of benzene rings is 1. The van der Waals surface area contributed by atoms with Crippen molar-refractivity contribution < 1.29 is 23.8 Å². The molecule has 0 aliphatic carbocycles. The summed E-state index contributed by atoms with van der Waals surface area (Å²) in [5.41, 5.74) is 2.27. The van der Waals surface area contributed by atoms with Gasteiger partial charge < -0.3 is 14.2 Å². The van der Waals surface area contributed by atoms with Gasteiger partial charge in [0.25, 0.3) is 0 Å². The van der Waals surface area contributed by atoms with Gasteiger partial charge in [-0.05, 0) is 122 Å². The number of ether oxygens (including phenoxy) is 3. The van der Waals surface area contributed by atoms with Crippen molar-refractivity contribution >= 4 is 11.9 Å². The highest BCUT2D eigenvalue weighted by atomic mass is 16.5. The summed E-state index contributed by atoms with van der Waals surface area (Å²) in [4.78, 5) is 25.7. The molecule has 0 saturated heterocycles. The van der Waals surface area contributed by atoms with Gasteiger partial charge in [-0.15, -0.1) is 0 Å². The maximum Gasteiger partial charge on any atom is 0.316 e. The van der Waals surface area contributed by atoms with Gasteiger partial charge in [0.2, 0.25) is 0 Å². The molecule has 2 rings (SSSR count). The summed E-state index contributed by atoms with van der Waals surface area (Å²) in [6.07, 6.45) is 13.8. The molecule has 0 bridgehead atoms. The Morgan fingerprint density at radius 3 is 1.73 bits per heavy atom. The molecular weight excluding hydrogens is 596 g/mol. The Kier molecular flexibility index (Phi) is 20.3. The number of methoxy groups -OCH3 is 1. The number of hydrogen-bond donors (Lipinski definition) is 0. The van der Waals surface area contributed by atoms with Crippen molar-refractivity contribution in [1.82, 2.24) is 0 Å². The van der Waals surface area contributed by atoms with Crippen molar-refractivity contribution in [1.29, 1.82) is 0 Å². The average molecular weight is 675 g/mol. The second kappa shape index (κ2) is 21.2. The summed E-state index contributed by atoms with van der Waals surface area (Å²) in [7, 11) is 1.38. The highest BCUT2D eigenvalue weighted by Gasteiger charge is 2.42. The van der Waals surface area contributed by atoms with Crippen LogP contribution < -0.4 is 9.47 Å². The van der Waals surface area contributed by atoms with Gasteiger partial charge in [0.15, 0.2) is 0 Å². The van der Waals surface area contributed by atoms with E-state index in [9.17, 15) is 9.59 Å². The molecule has 0 radical (unpaired) electrons. The Hall–Kier alpha value is -2.04. The van der Waals surface area contributed by atoms with E-state index in [-0.39, 0.29) is 17.5 Å². The summed E-state index contributed by atoms with van der Waals surface area (Å²) in [6, 6.07) is 0. The summed E-state index contributed by atoms with van der Waals surface area (Å²) < 4.78 is 17.9. The van der Waals surface area contributed by atoms with Crippen LogP contribution in [0.15, 0.2) is 0 Å². The van der Waals surface area contributed by atoms with Crippen LogP contribution in [0.1, 0.15) is 183 Å². The Balaban J connectivity index is 0.00000531. The fraction of sp³-hybridized carbons (Fsp3) is 0.814. The normalized spacial score (nSPS) is 17.1. The zero-order chi connectivity index (χ0) is 37.5. The van der Waals surface area contributed by atoms with E-state index < -0.39 is 10.8 Å². The van der Waals surface area contributed by atoms with E-state index in [1.54, 1.807) is 13.8 Å². The molecule has 1 aromatic carbocycles. The molecule has 1 heterocycles. The van der Waals surface area contributed by atoms with Crippen molar-refractivity contribution in [2.45, 2.75) is 193 Å². The van der Waals surface area contributed by atoms with Crippen LogP contribution in [0.4, 0.5) is 0 Å². The van der Waals surface area contributed by atoms with Crippen LogP contribution in [0.2, 0.25) is 0 Å². The smallest absolute Gasteiger partial charge is 0.316 e. The van der Waals surface area contributed by atoms with Gasteiger partial charge in [-0.25, -0.2) is 0 Å². The Bertz CT molecular complexity index is 1110. The quantitative estimate of drug-likeness (QED) is 0.122. The third-order valence-electron chi connectivity index (χ3n) is 10.2. The standard InChI is InChI=1S/C39H66O5.2C2H6/c1-26(2)17-14-18-27(3)19-15-20-28(4)21-16-23-39(12)24-22-32-31(7)33(29(5)30(6)34(32)44-39)43-36(41)38(10,11)25-37(8,9)35(40)42-13;2*1-2/h26-28H,14-25H2,1-13H3;2*1-2H3. The van der Waals surface area contributed by atoms with E-state index in [1.165, 1.54) is 58.5 Å².